The van der Waals surface area contributed by atoms with Gasteiger partial charge in [0.2, 0.25) is 0 Å². The molecule has 0 bridgehead atoms. The number of aromatic nitrogens is 1. The molecule has 1 aromatic heterocycles. The van der Waals surface area contributed by atoms with Gasteiger partial charge in [-0.25, -0.2) is 18.2 Å². The number of nitrogen functional groups attached to an aromatic ring is 1. The van der Waals surface area contributed by atoms with Crippen LogP contribution >= 0.6 is 0 Å². The van der Waals surface area contributed by atoms with Gasteiger partial charge in [0.05, 0.1) is 6.04 Å². The Balaban J connectivity index is 1.83. The molecule has 2 aromatic carbocycles. The Morgan fingerprint density at radius 3 is 2.43 bits per heavy atom. The van der Waals surface area contributed by atoms with E-state index < -0.39 is 29.6 Å². The van der Waals surface area contributed by atoms with Gasteiger partial charge in [-0.05, 0) is 79.8 Å². The first kappa shape index (κ1) is 26.9. The van der Waals surface area contributed by atoms with Gasteiger partial charge < -0.3 is 15.6 Å². The van der Waals surface area contributed by atoms with Crippen LogP contribution in [-0.4, -0.2) is 46.6 Å². The minimum atomic E-state index is -1.58. The lowest BCUT2D eigenvalue weighted by molar-refractivity contribution is -0.0350. The third-order valence-corrected chi connectivity index (χ3v) is 6.60. The molecule has 3 N–H and O–H groups in total. The molecule has 0 radical (unpaired) electrons. The Bertz CT molecular complexity index is 1270. The van der Waals surface area contributed by atoms with Crippen LogP contribution < -0.4 is 5.73 Å². The average molecular weight is 512 g/mol. The first-order valence-electron chi connectivity index (χ1n) is 12.1. The molecule has 8 heteroatoms. The number of nitrogens with zero attached hydrogens (tertiary/aromatic N) is 2. The van der Waals surface area contributed by atoms with Gasteiger partial charge in [0, 0.05) is 37.0 Å². The summed E-state index contributed by atoms with van der Waals surface area (Å²) in [4.78, 5) is 5.99. The summed E-state index contributed by atoms with van der Waals surface area (Å²) in [5, 5.41) is 9.57. The van der Waals surface area contributed by atoms with Gasteiger partial charge in [0.15, 0.2) is 6.29 Å². The number of nitrogens with two attached hydrogens (primary N) is 1. The first-order valence-corrected chi connectivity index (χ1v) is 12.1. The molecule has 37 heavy (non-hydrogen) atoms. The summed E-state index contributed by atoms with van der Waals surface area (Å²) in [5.74, 6) is -1.07. The van der Waals surface area contributed by atoms with Crippen LogP contribution in [-0.2, 0) is 11.2 Å². The summed E-state index contributed by atoms with van der Waals surface area (Å²) < 4.78 is 50.9. The van der Waals surface area contributed by atoms with E-state index in [0.29, 0.717) is 12.2 Å². The monoisotopic (exact) mass is 511 g/mol. The van der Waals surface area contributed by atoms with Crippen LogP contribution in [0.3, 0.4) is 0 Å². The third kappa shape index (κ3) is 6.04. The van der Waals surface area contributed by atoms with Crippen LogP contribution in [0.25, 0.3) is 17.2 Å². The number of hydrogen-bond acceptors (Lipinski definition) is 5. The highest BCUT2D eigenvalue weighted by atomic mass is 19.1. The van der Waals surface area contributed by atoms with Gasteiger partial charge in [0.1, 0.15) is 23.1 Å². The molecule has 0 fully saturated rings. The molecular weight excluding hydrogens is 479 g/mol. The molecule has 5 nitrogen and oxygen atoms in total. The molecule has 0 saturated carbocycles. The lowest BCUT2D eigenvalue weighted by Gasteiger charge is -2.44. The standard InChI is InChI=1S/C29H32F3N3O2/c1-17-11-21-14-19(20-7-9-25(33)34-15-20)6-8-22(21)28(35(17)16-29(2,3)32)27-23(30)12-18(13-24(27)31)5-10-26(36)37-4/h5-10,12-15,17,26,28,36H,11,16H2,1-4H3,(H2,33,34)/b10-5+. The Kier molecular flexibility index (Phi) is 7.73. The molecule has 3 aromatic rings. The Labute approximate surface area is 215 Å². The van der Waals surface area contributed by atoms with Crippen molar-refractivity contribution in [2.24, 2.45) is 0 Å². The molecule has 2 heterocycles. The van der Waals surface area contributed by atoms with E-state index in [2.05, 4.69) is 4.98 Å². The number of halogens is 3. The molecule has 196 valence electrons. The highest BCUT2D eigenvalue weighted by molar-refractivity contribution is 5.66. The number of hydrogen-bond donors (Lipinski definition) is 2. The third-order valence-electron chi connectivity index (χ3n) is 6.60. The summed E-state index contributed by atoms with van der Waals surface area (Å²) in [6.07, 6.45) is 3.76. The minimum absolute atomic E-state index is 0.00245. The zero-order valence-electron chi connectivity index (χ0n) is 21.4. The van der Waals surface area contributed by atoms with Crippen molar-refractivity contribution in [2.75, 3.05) is 19.4 Å². The maximum absolute atomic E-state index is 15.6. The fourth-order valence-corrected chi connectivity index (χ4v) is 4.91. The molecule has 1 aliphatic heterocycles. The molecular formula is C29H32F3N3O2. The van der Waals surface area contributed by atoms with Gasteiger partial charge in [0.25, 0.3) is 0 Å². The zero-order valence-corrected chi connectivity index (χ0v) is 21.4. The summed E-state index contributed by atoms with van der Waals surface area (Å²) in [5.41, 5.74) is 7.70. The molecule has 3 atom stereocenters. The number of ether oxygens (including phenoxy) is 1. The van der Waals surface area contributed by atoms with E-state index >= 15 is 8.78 Å². The number of aliphatic hydroxyl groups is 1. The highest BCUT2D eigenvalue weighted by Crippen LogP contribution is 2.42. The second-order valence-electron chi connectivity index (χ2n) is 10.1. The number of anilines is 1. The molecule has 0 amide bonds. The van der Waals surface area contributed by atoms with E-state index in [0.717, 1.165) is 22.3 Å². The molecule has 0 aliphatic carbocycles. The maximum atomic E-state index is 15.6. The van der Waals surface area contributed by atoms with Crippen molar-refractivity contribution in [3.8, 4) is 11.1 Å². The fraction of sp³-hybridized carbons (Fsp3) is 0.345. The molecule has 4 rings (SSSR count). The normalized spacial score (nSPS) is 19.2. The van der Waals surface area contributed by atoms with Gasteiger partial charge in [-0.3, -0.25) is 4.90 Å². The van der Waals surface area contributed by atoms with Crippen molar-refractivity contribution in [1.82, 2.24) is 9.88 Å². The van der Waals surface area contributed by atoms with Crippen LogP contribution in [0.4, 0.5) is 19.0 Å². The molecule has 0 saturated heterocycles. The SMILES string of the molecule is COC(O)/C=C/c1cc(F)c(C2c3ccc(-c4ccc(N)nc4)cc3CC(C)N2CC(C)(C)F)c(F)c1. The molecule has 1 aliphatic rings. The largest absolute Gasteiger partial charge is 0.384 e. The van der Waals surface area contributed by atoms with Crippen molar-refractivity contribution in [3.63, 3.8) is 0 Å². The fourth-order valence-electron chi connectivity index (χ4n) is 4.91. The topological polar surface area (TPSA) is 71.6 Å². The number of fused-ring (bicyclic) bond motifs is 1. The van der Waals surface area contributed by atoms with Crippen molar-refractivity contribution < 1.29 is 23.0 Å². The van der Waals surface area contributed by atoms with Crippen molar-refractivity contribution in [1.29, 1.82) is 0 Å². The number of alkyl halides is 1. The lowest BCUT2D eigenvalue weighted by atomic mass is 9.82. The number of rotatable bonds is 7. The predicted molar refractivity (Wildman–Crippen MR) is 139 cm³/mol. The summed E-state index contributed by atoms with van der Waals surface area (Å²) in [6.45, 7) is 4.87. The Morgan fingerprint density at radius 1 is 1.16 bits per heavy atom. The second-order valence-corrected chi connectivity index (χ2v) is 10.1. The maximum Gasteiger partial charge on any atom is 0.174 e. The summed E-state index contributed by atoms with van der Waals surface area (Å²) in [7, 11) is 1.32. The van der Waals surface area contributed by atoms with Crippen molar-refractivity contribution >= 4 is 11.9 Å². The number of methoxy groups -OCH3 is 1. The average Bonchev–Trinajstić information content (AvgIpc) is 2.83. The number of pyridine rings is 1. The lowest BCUT2D eigenvalue weighted by Crippen LogP contribution is -2.48. The van der Waals surface area contributed by atoms with Crippen molar-refractivity contribution in [3.05, 3.63) is 88.6 Å². The highest BCUT2D eigenvalue weighted by Gasteiger charge is 2.39. The van der Waals surface area contributed by atoms with Crippen LogP contribution in [0.15, 0.2) is 54.7 Å². The van der Waals surface area contributed by atoms with Crippen LogP contribution in [0.1, 0.15) is 49.1 Å². The number of aliphatic hydroxyl groups excluding tert-OH is 1. The smallest absolute Gasteiger partial charge is 0.174 e. The Hall–Kier alpha value is -3.20. The van der Waals surface area contributed by atoms with E-state index in [1.165, 1.54) is 45.2 Å². The first-order chi connectivity index (χ1) is 17.5. The van der Waals surface area contributed by atoms with E-state index in [9.17, 15) is 9.50 Å². The van der Waals surface area contributed by atoms with E-state index in [-0.39, 0.29) is 23.7 Å². The molecule has 3 unspecified atom stereocenters. The van der Waals surface area contributed by atoms with Crippen molar-refractivity contribution in [2.45, 2.75) is 51.2 Å². The van der Waals surface area contributed by atoms with Gasteiger partial charge in [-0.15, -0.1) is 0 Å². The quantitative estimate of drug-likeness (QED) is 0.400. The van der Waals surface area contributed by atoms with Crippen LogP contribution in [0.2, 0.25) is 0 Å². The number of benzene rings is 2. The van der Waals surface area contributed by atoms with Crippen LogP contribution in [0, 0.1) is 11.6 Å². The Morgan fingerprint density at radius 2 is 1.84 bits per heavy atom. The summed E-state index contributed by atoms with van der Waals surface area (Å²) >= 11 is 0. The minimum Gasteiger partial charge on any atom is -0.384 e. The van der Waals surface area contributed by atoms with Gasteiger partial charge in [-0.2, -0.15) is 0 Å². The van der Waals surface area contributed by atoms with Crippen LogP contribution in [0.5, 0.6) is 0 Å². The second kappa shape index (κ2) is 10.7. The zero-order chi connectivity index (χ0) is 26.9. The predicted octanol–water partition coefficient (Wildman–Crippen LogP) is 5.67. The van der Waals surface area contributed by atoms with E-state index in [1.54, 1.807) is 12.3 Å². The molecule has 0 spiro atoms. The van der Waals surface area contributed by atoms with Gasteiger partial charge in [-0.1, -0.05) is 24.3 Å². The van der Waals surface area contributed by atoms with Gasteiger partial charge >= 0.3 is 0 Å². The summed E-state index contributed by atoms with van der Waals surface area (Å²) in [6, 6.07) is 10.8. The van der Waals surface area contributed by atoms with E-state index in [1.807, 2.05) is 36.1 Å². The van der Waals surface area contributed by atoms with E-state index in [4.69, 9.17) is 10.5 Å².